The van der Waals surface area contributed by atoms with Crippen molar-refractivity contribution in [2.24, 2.45) is 0 Å². The molecule has 3 rings (SSSR count). The van der Waals surface area contributed by atoms with E-state index in [4.69, 9.17) is 4.74 Å². The number of nitriles is 1. The molecule has 0 radical (unpaired) electrons. The maximum absolute atomic E-state index is 12.2. The quantitative estimate of drug-likeness (QED) is 0.499. The zero-order valence-corrected chi connectivity index (χ0v) is 17.2. The van der Waals surface area contributed by atoms with E-state index in [2.05, 4.69) is 15.7 Å². The fraction of sp³-hybridized carbons (Fsp3) is 0.174. The van der Waals surface area contributed by atoms with Crippen LogP contribution in [0.2, 0.25) is 0 Å². The smallest absolute Gasteiger partial charge is 0.308 e. The Balaban J connectivity index is 1.44. The van der Waals surface area contributed by atoms with E-state index in [0.29, 0.717) is 5.69 Å². The molecule has 2 N–H and O–H groups in total. The van der Waals surface area contributed by atoms with Gasteiger partial charge < -0.3 is 15.4 Å². The average molecular weight is 431 g/mol. The highest BCUT2D eigenvalue weighted by atomic mass is 16.5. The zero-order chi connectivity index (χ0) is 22.8. The number of ether oxygens (including phenoxy) is 1. The summed E-state index contributed by atoms with van der Waals surface area (Å²) in [7, 11) is 0. The molecule has 0 saturated carbocycles. The first-order valence-electron chi connectivity index (χ1n) is 9.86. The summed E-state index contributed by atoms with van der Waals surface area (Å²) in [5, 5.41) is 18.6. The topological polar surface area (TPSA) is 126 Å². The van der Waals surface area contributed by atoms with Gasteiger partial charge in [0.1, 0.15) is 11.6 Å². The number of benzene rings is 2. The van der Waals surface area contributed by atoms with Gasteiger partial charge in [-0.15, -0.1) is 0 Å². The van der Waals surface area contributed by atoms with Gasteiger partial charge in [0.25, 0.3) is 5.91 Å². The monoisotopic (exact) mass is 431 g/mol. The number of anilines is 1. The number of para-hydroxylation sites is 1. The third-order valence-corrected chi connectivity index (χ3v) is 4.37. The second-order valence-corrected chi connectivity index (χ2v) is 6.74. The molecule has 0 unspecified atom stereocenters. The minimum atomic E-state index is -0.628. The van der Waals surface area contributed by atoms with Gasteiger partial charge in [0.15, 0.2) is 12.4 Å². The summed E-state index contributed by atoms with van der Waals surface area (Å²) < 4.78 is 6.37. The molecule has 32 heavy (non-hydrogen) atoms. The number of hydrogen-bond donors (Lipinski definition) is 2. The van der Waals surface area contributed by atoms with Gasteiger partial charge in [0.2, 0.25) is 5.91 Å². The third kappa shape index (κ3) is 6.27. The Kier molecular flexibility index (Phi) is 7.70. The summed E-state index contributed by atoms with van der Waals surface area (Å²) in [6.07, 6.45) is 1.49. The molecule has 2 aromatic carbocycles. The molecule has 2 amide bonds. The van der Waals surface area contributed by atoms with E-state index in [-0.39, 0.29) is 36.7 Å². The fourth-order valence-corrected chi connectivity index (χ4v) is 2.85. The summed E-state index contributed by atoms with van der Waals surface area (Å²) >= 11 is 0. The van der Waals surface area contributed by atoms with Crippen LogP contribution < -0.4 is 10.6 Å². The summed E-state index contributed by atoms with van der Waals surface area (Å²) in [6.45, 7) is -0.424. The van der Waals surface area contributed by atoms with E-state index >= 15 is 0 Å². The molecule has 0 aliphatic heterocycles. The fourth-order valence-electron chi connectivity index (χ4n) is 2.85. The van der Waals surface area contributed by atoms with Crippen LogP contribution in [0, 0.1) is 11.3 Å². The molecule has 0 aliphatic carbocycles. The van der Waals surface area contributed by atoms with E-state index < -0.39 is 18.5 Å². The zero-order valence-electron chi connectivity index (χ0n) is 17.2. The second kappa shape index (κ2) is 11.1. The van der Waals surface area contributed by atoms with Crippen molar-refractivity contribution in [3.05, 3.63) is 78.0 Å². The first-order chi connectivity index (χ1) is 15.6. The normalized spacial score (nSPS) is 10.1. The number of rotatable bonds is 9. The van der Waals surface area contributed by atoms with Crippen LogP contribution in [0.25, 0.3) is 5.69 Å². The lowest BCUT2D eigenvalue weighted by atomic mass is 10.1. The minimum absolute atomic E-state index is 0.0702. The largest absolute Gasteiger partial charge is 0.456 e. The highest BCUT2D eigenvalue weighted by molar-refractivity contribution is 5.93. The van der Waals surface area contributed by atoms with Crippen molar-refractivity contribution in [3.63, 3.8) is 0 Å². The molecule has 0 fully saturated rings. The standard InChI is InChI=1S/C23H21N5O4/c24-14-18-15-26-28(19-9-5-2-6-10-19)23(18)27-21(30)16-32-22(31)11-12-25-20(29)13-17-7-3-1-4-8-17/h1-10,15H,11-13,16H2,(H,25,29)(H,27,30). The van der Waals surface area contributed by atoms with Crippen LogP contribution in [0.15, 0.2) is 66.9 Å². The SMILES string of the molecule is N#Cc1cnn(-c2ccccc2)c1NC(=O)COC(=O)CCNC(=O)Cc1ccccc1. The second-order valence-electron chi connectivity index (χ2n) is 6.74. The average Bonchev–Trinajstić information content (AvgIpc) is 3.21. The lowest BCUT2D eigenvalue weighted by Crippen LogP contribution is -2.29. The van der Waals surface area contributed by atoms with Crippen molar-refractivity contribution in [1.82, 2.24) is 15.1 Å². The third-order valence-electron chi connectivity index (χ3n) is 4.37. The van der Waals surface area contributed by atoms with Crippen LogP contribution >= 0.6 is 0 Å². The van der Waals surface area contributed by atoms with Crippen LogP contribution in [0.3, 0.4) is 0 Å². The Morgan fingerprint density at radius 3 is 2.38 bits per heavy atom. The molecular formula is C23H21N5O4. The first kappa shape index (κ1) is 22.2. The molecule has 1 heterocycles. The summed E-state index contributed by atoms with van der Waals surface area (Å²) in [4.78, 5) is 36.0. The lowest BCUT2D eigenvalue weighted by molar-refractivity contribution is -0.147. The van der Waals surface area contributed by atoms with Crippen LogP contribution in [0.4, 0.5) is 5.82 Å². The highest BCUT2D eigenvalue weighted by Crippen LogP contribution is 2.19. The predicted octanol–water partition coefficient (Wildman–Crippen LogP) is 1.97. The highest BCUT2D eigenvalue weighted by Gasteiger charge is 2.16. The van der Waals surface area contributed by atoms with Crippen LogP contribution in [-0.4, -0.2) is 40.7 Å². The van der Waals surface area contributed by atoms with Crippen LogP contribution in [0.5, 0.6) is 0 Å². The van der Waals surface area contributed by atoms with E-state index in [0.717, 1.165) is 5.56 Å². The molecule has 9 heteroatoms. The Morgan fingerprint density at radius 1 is 1.00 bits per heavy atom. The van der Waals surface area contributed by atoms with Gasteiger partial charge in [-0.25, -0.2) is 4.68 Å². The van der Waals surface area contributed by atoms with Crippen molar-refractivity contribution in [1.29, 1.82) is 5.26 Å². The van der Waals surface area contributed by atoms with Gasteiger partial charge in [-0.3, -0.25) is 14.4 Å². The lowest BCUT2D eigenvalue weighted by Gasteiger charge is -2.10. The molecule has 0 atom stereocenters. The number of nitrogens with zero attached hydrogens (tertiary/aromatic N) is 3. The number of hydrogen-bond acceptors (Lipinski definition) is 6. The summed E-state index contributed by atoms with van der Waals surface area (Å²) in [5.41, 5.74) is 1.71. The van der Waals surface area contributed by atoms with Gasteiger partial charge in [-0.1, -0.05) is 48.5 Å². The maximum Gasteiger partial charge on any atom is 0.308 e. The van der Waals surface area contributed by atoms with E-state index in [9.17, 15) is 19.6 Å². The van der Waals surface area contributed by atoms with Crippen molar-refractivity contribution < 1.29 is 19.1 Å². The van der Waals surface area contributed by atoms with Gasteiger partial charge in [0.05, 0.1) is 24.7 Å². The molecule has 162 valence electrons. The van der Waals surface area contributed by atoms with E-state index in [1.165, 1.54) is 10.9 Å². The van der Waals surface area contributed by atoms with Gasteiger partial charge in [-0.2, -0.15) is 10.4 Å². The Bertz CT molecular complexity index is 1120. The molecule has 0 saturated heterocycles. The molecule has 3 aromatic rings. The molecule has 0 bridgehead atoms. The van der Waals surface area contributed by atoms with E-state index in [1.807, 2.05) is 42.5 Å². The Hall–Kier alpha value is -4.45. The van der Waals surface area contributed by atoms with Crippen molar-refractivity contribution >= 4 is 23.6 Å². The number of carbonyl (C=O) groups is 3. The number of aromatic nitrogens is 2. The van der Waals surface area contributed by atoms with Crippen LogP contribution in [0.1, 0.15) is 17.5 Å². The van der Waals surface area contributed by atoms with Crippen molar-refractivity contribution in [2.45, 2.75) is 12.8 Å². The molecule has 0 spiro atoms. The minimum Gasteiger partial charge on any atom is -0.456 e. The van der Waals surface area contributed by atoms with Gasteiger partial charge in [-0.05, 0) is 17.7 Å². The predicted molar refractivity (Wildman–Crippen MR) is 116 cm³/mol. The van der Waals surface area contributed by atoms with Crippen molar-refractivity contribution in [3.8, 4) is 11.8 Å². The van der Waals surface area contributed by atoms with Gasteiger partial charge >= 0.3 is 5.97 Å². The van der Waals surface area contributed by atoms with Crippen molar-refractivity contribution in [2.75, 3.05) is 18.5 Å². The number of nitrogens with one attached hydrogen (secondary N) is 2. The Labute approximate surface area is 184 Å². The molecule has 1 aromatic heterocycles. The number of amides is 2. The van der Waals surface area contributed by atoms with Crippen LogP contribution in [-0.2, 0) is 25.5 Å². The Morgan fingerprint density at radius 2 is 1.69 bits per heavy atom. The summed E-state index contributed by atoms with van der Waals surface area (Å²) in [5.74, 6) is -1.26. The summed E-state index contributed by atoms with van der Waals surface area (Å²) in [6, 6.07) is 20.2. The maximum atomic E-state index is 12.2. The first-order valence-corrected chi connectivity index (χ1v) is 9.86. The molecule has 0 aliphatic rings. The number of carbonyl (C=O) groups excluding carboxylic acids is 3. The number of esters is 1. The molecule has 9 nitrogen and oxygen atoms in total. The molecular weight excluding hydrogens is 410 g/mol. The van der Waals surface area contributed by atoms with Gasteiger partial charge in [0, 0.05) is 6.54 Å². The van der Waals surface area contributed by atoms with E-state index in [1.54, 1.807) is 24.3 Å².